The third-order valence-electron chi connectivity index (χ3n) is 2.43. The predicted octanol–water partition coefficient (Wildman–Crippen LogP) is 2.94. The Balaban J connectivity index is 2.53. The van der Waals surface area contributed by atoms with E-state index in [1.165, 1.54) is 11.3 Å². The molecule has 1 aliphatic rings. The maximum Gasteiger partial charge on any atom is 0.0704 e. The van der Waals surface area contributed by atoms with Gasteiger partial charge in [-0.3, -0.25) is 4.90 Å². The molecule has 4 heteroatoms. The number of benzene rings is 1. The van der Waals surface area contributed by atoms with E-state index in [1.807, 2.05) is 12.1 Å². The summed E-state index contributed by atoms with van der Waals surface area (Å²) >= 11 is 9.56. The van der Waals surface area contributed by atoms with Crippen molar-refractivity contribution < 1.29 is 0 Å². The fraction of sp³-hybridized carbons (Fsp3) is 0.400. The molecular weight excluding hydrogens is 263 g/mol. The summed E-state index contributed by atoms with van der Waals surface area (Å²) in [6.45, 7) is 1.91. The first kappa shape index (κ1) is 10.3. The van der Waals surface area contributed by atoms with Gasteiger partial charge in [-0.25, -0.2) is 0 Å². The molecule has 0 aromatic heterocycles. The van der Waals surface area contributed by atoms with Gasteiger partial charge in [0.15, 0.2) is 0 Å². The van der Waals surface area contributed by atoms with Gasteiger partial charge in [0.25, 0.3) is 0 Å². The van der Waals surface area contributed by atoms with Gasteiger partial charge in [-0.15, -0.1) is 0 Å². The van der Waals surface area contributed by atoms with Gasteiger partial charge in [0.05, 0.1) is 6.67 Å². The van der Waals surface area contributed by atoms with E-state index in [0.717, 1.165) is 22.7 Å². The highest BCUT2D eigenvalue weighted by atomic mass is 79.9. The molecule has 1 heterocycles. The van der Waals surface area contributed by atoms with Gasteiger partial charge in [-0.1, -0.05) is 27.5 Å². The molecule has 0 spiro atoms. The lowest BCUT2D eigenvalue weighted by atomic mass is 10.1. The van der Waals surface area contributed by atoms with Crippen molar-refractivity contribution in [2.75, 3.05) is 25.7 Å². The molecular formula is C10H12BrClN2. The summed E-state index contributed by atoms with van der Waals surface area (Å²) in [7, 11) is 4.19. The van der Waals surface area contributed by atoms with E-state index in [1.54, 1.807) is 0 Å². The van der Waals surface area contributed by atoms with Crippen molar-refractivity contribution >= 4 is 33.2 Å². The molecule has 0 saturated heterocycles. The highest BCUT2D eigenvalue weighted by Gasteiger charge is 2.19. The number of anilines is 1. The van der Waals surface area contributed by atoms with Crippen LogP contribution in [-0.4, -0.2) is 25.7 Å². The highest BCUT2D eigenvalue weighted by molar-refractivity contribution is 9.10. The quantitative estimate of drug-likeness (QED) is 0.718. The Hall–Kier alpha value is -0.250. The van der Waals surface area contributed by atoms with E-state index in [0.29, 0.717) is 0 Å². The maximum atomic E-state index is 6.01. The number of nitrogens with zero attached hydrogens (tertiary/aromatic N) is 2. The van der Waals surface area contributed by atoms with Crippen molar-refractivity contribution in [2.24, 2.45) is 0 Å². The van der Waals surface area contributed by atoms with Crippen molar-refractivity contribution in [2.45, 2.75) is 6.54 Å². The molecule has 14 heavy (non-hydrogen) atoms. The lowest BCUT2D eigenvalue weighted by Crippen LogP contribution is -2.37. The van der Waals surface area contributed by atoms with Crippen LogP contribution in [0.3, 0.4) is 0 Å². The Morgan fingerprint density at radius 3 is 2.79 bits per heavy atom. The molecule has 0 bridgehead atoms. The van der Waals surface area contributed by atoms with Crippen LogP contribution < -0.4 is 4.90 Å². The van der Waals surface area contributed by atoms with Gasteiger partial charge in [0.2, 0.25) is 0 Å². The van der Waals surface area contributed by atoms with Crippen LogP contribution in [0.15, 0.2) is 16.6 Å². The molecule has 0 atom stereocenters. The number of rotatable bonds is 0. The Morgan fingerprint density at radius 1 is 1.36 bits per heavy atom. The topological polar surface area (TPSA) is 6.48 Å². The standard InChI is InChI=1S/C10H12BrClN2/c1-13-5-8-9(11)3-7(12)4-10(8)14(2)6-13/h3-4H,5-6H2,1-2H3. The summed E-state index contributed by atoms with van der Waals surface area (Å²) < 4.78 is 1.10. The molecule has 0 fully saturated rings. The lowest BCUT2D eigenvalue weighted by molar-refractivity contribution is 0.315. The minimum atomic E-state index is 0.784. The van der Waals surface area contributed by atoms with Crippen molar-refractivity contribution in [1.29, 1.82) is 0 Å². The number of hydrogen-bond acceptors (Lipinski definition) is 2. The van der Waals surface area contributed by atoms with Crippen LogP contribution in [0, 0.1) is 0 Å². The predicted molar refractivity (Wildman–Crippen MR) is 63.9 cm³/mol. The van der Waals surface area contributed by atoms with Crippen LogP contribution in [0.1, 0.15) is 5.56 Å². The third kappa shape index (κ3) is 1.76. The summed E-state index contributed by atoms with van der Waals surface area (Å²) in [5.74, 6) is 0. The molecule has 0 saturated carbocycles. The van der Waals surface area contributed by atoms with E-state index in [2.05, 4.69) is 39.8 Å². The Morgan fingerprint density at radius 2 is 2.07 bits per heavy atom. The minimum Gasteiger partial charge on any atom is -0.361 e. The Bertz CT molecular complexity index is 367. The van der Waals surface area contributed by atoms with Gasteiger partial charge in [-0.2, -0.15) is 0 Å². The average molecular weight is 276 g/mol. The van der Waals surface area contributed by atoms with Crippen LogP contribution >= 0.6 is 27.5 Å². The third-order valence-corrected chi connectivity index (χ3v) is 3.36. The van der Waals surface area contributed by atoms with Crippen LogP contribution in [0.2, 0.25) is 5.02 Å². The van der Waals surface area contributed by atoms with E-state index in [-0.39, 0.29) is 0 Å². The molecule has 0 radical (unpaired) electrons. The van der Waals surface area contributed by atoms with Gasteiger partial charge >= 0.3 is 0 Å². The largest absolute Gasteiger partial charge is 0.361 e. The van der Waals surface area contributed by atoms with E-state index >= 15 is 0 Å². The van der Waals surface area contributed by atoms with Crippen molar-refractivity contribution in [3.05, 3.63) is 27.2 Å². The summed E-state index contributed by atoms with van der Waals surface area (Å²) in [5, 5.41) is 0.784. The fourth-order valence-corrected chi connectivity index (χ4v) is 2.76. The Labute approximate surface area is 97.6 Å². The second-order valence-electron chi connectivity index (χ2n) is 3.74. The second kappa shape index (κ2) is 3.72. The number of hydrogen-bond donors (Lipinski definition) is 0. The monoisotopic (exact) mass is 274 g/mol. The molecule has 76 valence electrons. The van der Waals surface area contributed by atoms with Crippen LogP contribution in [0.25, 0.3) is 0 Å². The van der Waals surface area contributed by atoms with Crippen molar-refractivity contribution in [1.82, 2.24) is 4.90 Å². The smallest absolute Gasteiger partial charge is 0.0704 e. The van der Waals surface area contributed by atoms with Crippen LogP contribution in [-0.2, 0) is 6.54 Å². The first-order chi connectivity index (χ1) is 6.58. The van der Waals surface area contributed by atoms with Gasteiger partial charge in [0, 0.05) is 34.3 Å². The van der Waals surface area contributed by atoms with Gasteiger partial charge in [-0.05, 0) is 19.2 Å². The molecule has 0 amide bonds. The van der Waals surface area contributed by atoms with Crippen molar-refractivity contribution in [3.63, 3.8) is 0 Å². The fourth-order valence-electron chi connectivity index (χ4n) is 1.85. The zero-order valence-corrected chi connectivity index (χ0v) is 10.6. The summed E-state index contributed by atoms with van der Waals surface area (Å²) in [6, 6.07) is 3.97. The number of halogens is 2. The van der Waals surface area contributed by atoms with Crippen LogP contribution in [0.5, 0.6) is 0 Å². The molecule has 2 rings (SSSR count). The first-order valence-corrected chi connectivity index (χ1v) is 5.62. The van der Waals surface area contributed by atoms with E-state index in [4.69, 9.17) is 11.6 Å². The molecule has 1 aliphatic heterocycles. The lowest BCUT2D eigenvalue weighted by Gasteiger charge is -2.34. The highest BCUT2D eigenvalue weighted by Crippen LogP contribution is 2.34. The van der Waals surface area contributed by atoms with Crippen molar-refractivity contribution in [3.8, 4) is 0 Å². The summed E-state index contributed by atoms with van der Waals surface area (Å²) in [6.07, 6.45) is 0. The molecule has 0 aliphatic carbocycles. The van der Waals surface area contributed by atoms with E-state index < -0.39 is 0 Å². The molecule has 2 nitrogen and oxygen atoms in total. The van der Waals surface area contributed by atoms with Gasteiger partial charge in [0.1, 0.15) is 0 Å². The van der Waals surface area contributed by atoms with Crippen LogP contribution in [0.4, 0.5) is 5.69 Å². The average Bonchev–Trinajstić information content (AvgIpc) is 2.07. The van der Waals surface area contributed by atoms with Gasteiger partial charge < -0.3 is 4.90 Å². The minimum absolute atomic E-state index is 0.784. The SMILES string of the molecule is CN1Cc2c(Br)cc(Cl)cc2N(C)C1. The molecule has 0 N–H and O–H groups in total. The number of fused-ring (bicyclic) bond motifs is 1. The first-order valence-electron chi connectivity index (χ1n) is 4.45. The molecule has 1 aromatic rings. The molecule has 1 aromatic carbocycles. The zero-order chi connectivity index (χ0) is 10.3. The normalized spacial score (nSPS) is 17.0. The summed E-state index contributed by atoms with van der Waals surface area (Å²) in [5.41, 5.74) is 2.54. The zero-order valence-electron chi connectivity index (χ0n) is 8.22. The maximum absolute atomic E-state index is 6.01. The second-order valence-corrected chi connectivity index (χ2v) is 5.03. The Kier molecular flexibility index (Phi) is 2.73. The molecule has 0 unspecified atom stereocenters. The van der Waals surface area contributed by atoms with E-state index in [9.17, 15) is 0 Å². The summed E-state index contributed by atoms with van der Waals surface area (Å²) in [4.78, 5) is 4.47.